The van der Waals surface area contributed by atoms with Crippen LogP contribution >= 0.6 is 0 Å². The van der Waals surface area contributed by atoms with Crippen LogP contribution in [0.5, 0.6) is 5.75 Å². The SMILES string of the molecule is CC(C)Cc1nc(-c2ccc3[nH]nc(-c4ccc(OC(F)F)cc4)c3c2)n[nH]1. The number of alkyl halides is 2. The monoisotopic (exact) mass is 383 g/mol. The van der Waals surface area contributed by atoms with Gasteiger partial charge in [-0.15, -0.1) is 0 Å². The van der Waals surface area contributed by atoms with Crippen LogP contribution in [0.4, 0.5) is 8.78 Å². The minimum absolute atomic E-state index is 0.109. The molecule has 8 heteroatoms. The lowest BCUT2D eigenvalue weighted by atomic mass is 10.1. The molecule has 0 bridgehead atoms. The summed E-state index contributed by atoms with van der Waals surface area (Å²) in [6, 6.07) is 12.2. The van der Waals surface area contributed by atoms with Crippen LogP contribution in [0.3, 0.4) is 0 Å². The topological polar surface area (TPSA) is 79.5 Å². The normalized spacial score (nSPS) is 11.6. The predicted molar refractivity (Wildman–Crippen MR) is 102 cm³/mol. The molecule has 28 heavy (non-hydrogen) atoms. The number of rotatable bonds is 6. The van der Waals surface area contributed by atoms with Gasteiger partial charge in [0.2, 0.25) is 0 Å². The smallest absolute Gasteiger partial charge is 0.387 e. The fourth-order valence-corrected chi connectivity index (χ4v) is 3.07. The number of ether oxygens (including phenoxy) is 1. The summed E-state index contributed by atoms with van der Waals surface area (Å²) in [4.78, 5) is 4.57. The first-order chi connectivity index (χ1) is 13.5. The van der Waals surface area contributed by atoms with Gasteiger partial charge >= 0.3 is 6.61 Å². The van der Waals surface area contributed by atoms with Gasteiger partial charge in [-0.1, -0.05) is 13.8 Å². The number of hydrogen-bond acceptors (Lipinski definition) is 4. The number of H-pyrrole nitrogens is 2. The Hall–Kier alpha value is -3.29. The summed E-state index contributed by atoms with van der Waals surface area (Å²) in [7, 11) is 0. The van der Waals surface area contributed by atoms with Gasteiger partial charge in [-0.25, -0.2) is 4.98 Å². The van der Waals surface area contributed by atoms with Crippen molar-refractivity contribution in [1.82, 2.24) is 25.4 Å². The highest BCUT2D eigenvalue weighted by Crippen LogP contribution is 2.30. The molecule has 4 aromatic rings. The van der Waals surface area contributed by atoms with E-state index in [4.69, 9.17) is 0 Å². The average molecular weight is 383 g/mol. The van der Waals surface area contributed by atoms with Gasteiger partial charge in [0.25, 0.3) is 0 Å². The first-order valence-electron chi connectivity index (χ1n) is 8.94. The number of fused-ring (bicyclic) bond motifs is 1. The van der Waals surface area contributed by atoms with Crippen molar-refractivity contribution < 1.29 is 13.5 Å². The van der Waals surface area contributed by atoms with Crippen molar-refractivity contribution in [3.05, 3.63) is 48.3 Å². The van der Waals surface area contributed by atoms with Crippen molar-refractivity contribution in [3.8, 4) is 28.4 Å². The van der Waals surface area contributed by atoms with E-state index in [1.54, 1.807) is 12.1 Å². The van der Waals surface area contributed by atoms with Crippen LogP contribution in [0, 0.1) is 5.92 Å². The molecule has 2 heterocycles. The Balaban J connectivity index is 1.67. The fourth-order valence-electron chi connectivity index (χ4n) is 3.07. The quantitative estimate of drug-likeness (QED) is 0.500. The summed E-state index contributed by atoms with van der Waals surface area (Å²) >= 11 is 0. The van der Waals surface area contributed by atoms with Gasteiger partial charge in [0.05, 0.1) is 11.2 Å². The molecule has 0 aliphatic carbocycles. The largest absolute Gasteiger partial charge is 0.435 e. The van der Waals surface area contributed by atoms with Crippen molar-refractivity contribution in [2.24, 2.45) is 5.92 Å². The van der Waals surface area contributed by atoms with Crippen LogP contribution in [-0.4, -0.2) is 32.0 Å². The predicted octanol–water partition coefficient (Wildman–Crippen LogP) is 4.81. The van der Waals surface area contributed by atoms with Gasteiger partial charge in [-0.2, -0.15) is 19.0 Å². The van der Waals surface area contributed by atoms with Gasteiger partial charge in [0.15, 0.2) is 5.82 Å². The molecule has 0 aliphatic heterocycles. The van der Waals surface area contributed by atoms with E-state index >= 15 is 0 Å². The summed E-state index contributed by atoms with van der Waals surface area (Å²) < 4.78 is 29.1. The Morgan fingerprint density at radius 3 is 2.43 bits per heavy atom. The summed E-state index contributed by atoms with van der Waals surface area (Å²) in [5.74, 6) is 2.08. The van der Waals surface area contributed by atoms with Crippen LogP contribution in [0.2, 0.25) is 0 Å². The molecule has 0 spiro atoms. The van der Waals surface area contributed by atoms with E-state index in [0.29, 0.717) is 11.7 Å². The molecule has 144 valence electrons. The summed E-state index contributed by atoms with van der Waals surface area (Å²) in [6.07, 6.45) is 0.833. The lowest BCUT2D eigenvalue weighted by Crippen LogP contribution is -2.01. The molecule has 4 rings (SSSR count). The zero-order valence-corrected chi connectivity index (χ0v) is 15.4. The average Bonchev–Trinajstić information content (AvgIpc) is 3.28. The van der Waals surface area contributed by atoms with Gasteiger partial charge < -0.3 is 4.74 Å². The van der Waals surface area contributed by atoms with Crippen molar-refractivity contribution in [2.75, 3.05) is 0 Å². The number of aromatic amines is 2. The summed E-state index contributed by atoms with van der Waals surface area (Å²) in [5.41, 5.74) is 3.25. The maximum absolute atomic E-state index is 12.3. The Bertz CT molecular complexity index is 1090. The van der Waals surface area contributed by atoms with Crippen LogP contribution in [0.1, 0.15) is 19.7 Å². The maximum atomic E-state index is 12.3. The molecule has 0 fully saturated rings. The first kappa shape index (κ1) is 18.1. The Kier molecular flexibility index (Phi) is 4.77. The van der Waals surface area contributed by atoms with Crippen LogP contribution in [0.15, 0.2) is 42.5 Å². The molecule has 0 unspecified atom stereocenters. The van der Waals surface area contributed by atoms with Gasteiger partial charge in [-0.05, 0) is 48.4 Å². The Labute approximate surface area is 160 Å². The minimum Gasteiger partial charge on any atom is -0.435 e. The van der Waals surface area contributed by atoms with E-state index in [-0.39, 0.29) is 5.75 Å². The molecule has 0 aliphatic rings. The molecule has 2 aromatic heterocycles. The molecular formula is C20H19F2N5O. The highest BCUT2D eigenvalue weighted by Gasteiger charge is 2.13. The number of benzene rings is 2. The van der Waals surface area contributed by atoms with Gasteiger partial charge in [0, 0.05) is 22.9 Å². The van der Waals surface area contributed by atoms with Crippen molar-refractivity contribution in [3.63, 3.8) is 0 Å². The van der Waals surface area contributed by atoms with Crippen LogP contribution in [-0.2, 0) is 6.42 Å². The van der Waals surface area contributed by atoms with Crippen molar-refractivity contribution >= 4 is 10.9 Å². The lowest BCUT2D eigenvalue weighted by molar-refractivity contribution is -0.0498. The third-order valence-corrected chi connectivity index (χ3v) is 4.31. The molecule has 0 saturated heterocycles. The summed E-state index contributed by atoms with van der Waals surface area (Å²) in [6.45, 7) is 1.41. The van der Waals surface area contributed by atoms with Crippen molar-refractivity contribution in [2.45, 2.75) is 26.9 Å². The molecule has 0 atom stereocenters. The van der Waals surface area contributed by atoms with Crippen molar-refractivity contribution in [1.29, 1.82) is 0 Å². The van der Waals surface area contributed by atoms with Gasteiger partial charge in [0.1, 0.15) is 11.6 Å². The van der Waals surface area contributed by atoms with Gasteiger partial charge in [-0.3, -0.25) is 10.2 Å². The second-order valence-electron chi connectivity index (χ2n) is 6.94. The number of hydrogen-bond donors (Lipinski definition) is 2. The third-order valence-electron chi connectivity index (χ3n) is 4.31. The maximum Gasteiger partial charge on any atom is 0.387 e. The van der Waals surface area contributed by atoms with E-state index in [1.807, 2.05) is 18.2 Å². The molecule has 2 aromatic carbocycles. The zero-order valence-electron chi connectivity index (χ0n) is 15.4. The highest BCUT2D eigenvalue weighted by molar-refractivity contribution is 5.95. The van der Waals surface area contributed by atoms with E-state index in [1.165, 1.54) is 12.1 Å². The molecule has 0 amide bonds. The van der Waals surface area contributed by atoms with E-state index < -0.39 is 6.61 Å². The number of nitrogens with zero attached hydrogens (tertiary/aromatic N) is 3. The molecular weight excluding hydrogens is 364 g/mol. The molecule has 0 saturated carbocycles. The van der Waals surface area contributed by atoms with Crippen LogP contribution < -0.4 is 4.74 Å². The summed E-state index contributed by atoms with van der Waals surface area (Å²) in [5, 5.41) is 15.6. The molecule has 6 nitrogen and oxygen atoms in total. The second kappa shape index (κ2) is 7.38. The van der Waals surface area contributed by atoms with Crippen LogP contribution in [0.25, 0.3) is 33.5 Å². The van der Waals surface area contributed by atoms with E-state index in [0.717, 1.165) is 40.0 Å². The Morgan fingerprint density at radius 2 is 1.71 bits per heavy atom. The first-order valence-corrected chi connectivity index (χ1v) is 8.94. The minimum atomic E-state index is -2.85. The standard InChI is InChI=1S/C20H19F2N5O/c1-11(2)9-17-23-19(27-25-17)13-5-8-16-15(10-13)18(26-24-16)12-3-6-14(7-4-12)28-20(21)22/h3-8,10-11,20H,9H2,1-2H3,(H,24,26)(H,23,25,27). The van der Waals surface area contributed by atoms with E-state index in [9.17, 15) is 8.78 Å². The molecule has 2 N–H and O–H groups in total. The second-order valence-corrected chi connectivity index (χ2v) is 6.94. The number of halogens is 2. The number of aromatic nitrogens is 5. The Morgan fingerprint density at radius 1 is 0.964 bits per heavy atom. The third kappa shape index (κ3) is 3.71. The highest BCUT2D eigenvalue weighted by atomic mass is 19.3. The molecule has 0 radical (unpaired) electrons. The zero-order chi connectivity index (χ0) is 19.7. The number of nitrogens with one attached hydrogen (secondary N) is 2. The van der Waals surface area contributed by atoms with E-state index in [2.05, 4.69) is 44.0 Å². The lowest BCUT2D eigenvalue weighted by Gasteiger charge is -2.05. The fraction of sp³-hybridized carbons (Fsp3) is 0.250.